The fourth-order valence-electron chi connectivity index (χ4n) is 1.89. The van der Waals surface area contributed by atoms with Gasteiger partial charge in [0.25, 0.3) is 0 Å². The maximum atomic E-state index is 5.91. The van der Waals surface area contributed by atoms with Gasteiger partial charge in [0.15, 0.2) is 5.96 Å². The van der Waals surface area contributed by atoms with Gasteiger partial charge in [0.2, 0.25) is 0 Å². The van der Waals surface area contributed by atoms with Gasteiger partial charge in [0.1, 0.15) is 0 Å². The number of hydrogen-bond donors (Lipinski definition) is 2. The summed E-state index contributed by atoms with van der Waals surface area (Å²) in [4.78, 5) is 4.32. The van der Waals surface area contributed by atoms with E-state index in [-0.39, 0.29) is 24.0 Å². The molecule has 114 valence electrons. The Bertz CT molecular complexity index is 604. The molecule has 0 aliphatic rings. The molecule has 0 aliphatic carbocycles. The number of aliphatic imine (C=N–C) groups is 1. The SMILES string of the molecule is CC(C)c1cccc(NC(N)=NCc2ccnn2C)c1.I. The Hall–Kier alpha value is -1.57. The van der Waals surface area contributed by atoms with Crippen LogP contribution in [0, 0.1) is 0 Å². The predicted octanol–water partition coefficient (Wildman–Crippen LogP) is 3.09. The molecule has 21 heavy (non-hydrogen) atoms. The fourth-order valence-corrected chi connectivity index (χ4v) is 1.89. The zero-order valence-electron chi connectivity index (χ0n) is 12.6. The van der Waals surface area contributed by atoms with Gasteiger partial charge < -0.3 is 11.1 Å². The van der Waals surface area contributed by atoms with E-state index in [1.807, 2.05) is 25.2 Å². The Kier molecular flexibility index (Phi) is 6.67. The first-order chi connectivity index (χ1) is 9.56. The third-order valence-corrected chi connectivity index (χ3v) is 3.16. The second kappa shape index (κ2) is 8.02. The van der Waals surface area contributed by atoms with Crippen LogP contribution in [-0.2, 0) is 13.6 Å². The summed E-state index contributed by atoms with van der Waals surface area (Å²) in [6, 6.07) is 10.1. The Morgan fingerprint density at radius 1 is 1.38 bits per heavy atom. The molecule has 0 amide bonds. The highest BCUT2D eigenvalue weighted by Crippen LogP contribution is 2.18. The normalized spacial score (nSPS) is 11.3. The minimum atomic E-state index is 0. The van der Waals surface area contributed by atoms with Crippen molar-refractivity contribution in [1.29, 1.82) is 0 Å². The second-order valence-electron chi connectivity index (χ2n) is 5.05. The van der Waals surface area contributed by atoms with E-state index in [1.54, 1.807) is 10.9 Å². The van der Waals surface area contributed by atoms with Crippen molar-refractivity contribution in [3.8, 4) is 0 Å². The van der Waals surface area contributed by atoms with Crippen molar-refractivity contribution in [1.82, 2.24) is 9.78 Å². The second-order valence-corrected chi connectivity index (χ2v) is 5.05. The molecule has 0 radical (unpaired) electrons. The van der Waals surface area contributed by atoms with Crippen LogP contribution in [0.4, 0.5) is 5.69 Å². The number of aromatic nitrogens is 2. The average Bonchev–Trinajstić information content (AvgIpc) is 2.82. The number of benzene rings is 1. The fraction of sp³-hybridized carbons (Fsp3) is 0.333. The number of rotatable bonds is 4. The number of aryl methyl sites for hydroxylation is 1. The number of guanidine groups is 1. The summed E-state index contributed by atoms with van der Waals surface area (Å²) in [6.45, 7) is 4.84. The predicted molar refractivity (Wildman–Crippen MR) is 98.1 cm³/mol. The first kappa shape index (κ1) is 17.5. The number of anilines is 1. The maximum Gasteiger partial charge on any atom is 0.193 e. The maximum absolute atomic E-state index is 5.91. The van der Waals surface area contributed by atoms with Crippen molar-refractivity contribution < 1.29 is 0 Å². The van der Waals surface area contributed by atoms with Gasteiger partial charge in [0, 0.05) is 18.9 Å². The molecule has 0 aliphatic heterocycles. The Morgan fingerprint density at radius 2 is 2.14 bits per heavy atom. The van der Waals surface area contributed by atoms with Crippen LogP contribution in [0.15, 0.2) is 41.5 Å². The molecular formula is C15H22IN5. The molecule has 0 fully saturated rings. The summed E-state index contributed by atoms with van der Waals surface area (Å²) in [5, 5.41) is 7.21. The summed E-state index contributed by atoms with van der Waals surface area (Å²) in [7, 11) is 1.89. The number of hydrogen-bond acceptors (Lipinski definition) is 2. The first-order valence-corrected chi connectivity index (χ1v) is 6.70. The molecule has 2 aromatic rings. The summed E-state index contributed by atoms with van der Waals surface area (Å²) in [5.74, 6) is 0.900. The van der Waals surface area contributed by atoms with Crippen LogP contribution in [0.25, 0.3) is 0 Å². The van der Waals surface area contributed by atoms with Crippen molar-refractivity contribution in [3.63, 3.8) is 0 Å². The van der Waals surface area contributed by atoms with E-state index in [1.165, 1.54) is 5.56 Å². The van der Waals surface area contributed by atoms with E-state index in [0.717, 1.165) is 11.4 Å². The summed E-state index contributed by atoms with van der Waals surface area (Å²) < 4.78 is 1.79. The van der Waals surface area contributed by atoms with Gasteiger partial charge in [0.05, 0.1) is 12.2 Å². The lowest BCUT2D eigenvalue weighted by Crippen LogP contribution is -2.22. The molecule has 2 rings (SSSR count). The van der Waals surface area contributed by atoms with E-state index in [4.69, 9.17) is 5.73 Å². The highest BCUT2D eigenvalue weighted by atomic mass is 127. The summed E-state index contributed by atoms with van der Waals surface area (Å²) in [5.41, 5.74) is 9.16. The highest BCUT2D eigenvalue weighted by molar-refractivity contribution is 14.0. The van der Waals surface area contributed by atoms with Crippen LogP contribution in [0.5, 0.6) is 0 Å². The lowest BCUT2D eigenvalue weighted by molar-refractivity contribution is 0.712. The quantitative estimate of drug-likeness (QED) is 0.472. The highest BCUT2D eigenvalue weighted by Gasteiger charge is 2.02. The largest absolute Gasteiger partial charge is 0.370 e. The van der Waals surface area contributed by atoms with Crippen LogP contribution in [0.3, 0.4) is 0 Å². The van der Waals surface area contributed by atoms with Crippen LogP contribution in [-0.4, -0.2) is 15.7 Å². The van der Waals surface area contributed by atoms with Crippen LogP contribution >= 0.6 is 24.0 Å². The molecule has 1 heterocycles. The third-order valence-electron chi connectivity index (χ3n) is 3.16. The van der Waals surface area contributed by atoms with Crippen LogP contribution in [0.1, 0.15) is 31.0 Å². The van der Waals surface area contributed by atoms with Crippen molar-refractivity contribution >= 4 is 35.6 Å². The Morgan fingerprint density at radius 3 is 2.76 bits per heavy atom. The van der Waals surface area contributed by atoms with Crippen molar-refractivity contribution in [2.24, 2.45) is 17.8 Å². The number of nitrogens with zero attached hydrogens (tertiary/aromatic N) is 3. The van der Waals surface area contributed by atoms with Crippen molar-refractivity contribution in [2.45, 2.75) is 26.3 Å². The standard InChI is InChI=1S/C15H21N5.HI/c1-11(2)12-5-4-6-13(9-12)19-15(16)17-10-14-7-8-18-20(14)3;/h4-9,11H,10H2,1-3H3,(H3,16,17,19);1H. The molecule has 1 aromatic carbocycles. The molecule has 3 N–H and O–H groups in total. The van der Waals surface area contributed by atoms with Crippen molar-refractivity contribution in [2.75, 3.05) is 5.32 Å². The summed E-state index contributed by atoms with van der Waals surface area (Å²) >= 11 is 0. The minimum absolute atomic E-state index is 0. The lowest BCUT2D eigenvalue weighted by Gasteiger charge is -2.10. The number of halogens is 1. The molecule has 6 heteroatoms. The lowest BCUT2D eigenvalue weighted by atomic mass is 10.0. The molecule has 0 saturated heterocycles. The molecule has 0 saturated carbocycles. The molecule has 0 unspecified atom stereocenters. The van der Waals surface area contributed by atoms with E-state index < -0.39 is 0 Å². The zero-order valence-corrected chi connectivity index (χ0v) is 14.9. The molecular weight excluding hydrogens is 377 g/mol. The van der Waals surface area contributed by atoms with Gasteiger partial charge in [-0.2, -0.15) is 5.10 Å². The van der Waals surface area contributed by atoms with Gasteiger partial charge in [-0.05, 0) is 29.7 Å². The minimum Gasteiger partial charge on any atom is -0.370 e. The van der Waals surface area contributed by atoms with Crippen molar-refractivity contribution in [3.05, 3.63) is 47.8 Å². The average molecular weight is 399 g/mol. The van der Waals surface area contributed by atoms with Gasteiger partial charge >= 0.3 is 0 Å². The van der Waals surface area contributed by atoms with Gasteiger partial charge in [-0.25, -0.2) is 4.99 Å². The Balaban J connectivity index is 0.00000220. The molecule has 0 bridgehead atoms. The summed E-state index contributed by atoms with van der Waals surface area (Å²) in [6.07, 6.45) is 1.75. The molecule has 1 aromatic heterocycles. The molecule has 5 nitrogen and oxygen atoms in total. The molecule has 0 spiro atoms. The number of nitrogens with two attached hydrogens (primary N) is 1. The van der Waals surface area contributed by atoms with E-state index in [2.05, 4.69) is 41.4 Å². The zero-order chi connectivity index (χ0) is 14.5. The van der Waals surface area contributed by atoms with Gasteiger partial charge in [-0.3, -0.25) is 4.68 Å². The van der Waals surface area contributed by atoms with E-state index in [9.17, 15) is 0 Å². The van der Waals surface area contributed by atoms with E-state index in [0.29, 0.717) is 18.4 Å². The smallest absolute Gasteiger partial charge is 0.193 e. The van der Waals surface area contributed by atoms with Crippen LogP contribution in [0.2, 0.25) is 0 Å². The topological polar surface area (TPSA) is 68.2 Å². The van der Waals surface area contributed by atoms with Crippen LogP contribution < -0.4 is 11.1 Å². The van der Waals surface area contributed by atoms with Gasteiger partial charge in [-0.1, -0.05) is 26.0 Å². The third kappa shape index (κ3) is 5.04. The Labute approximate surface area is 142 Å². The number of nitrogens with one attached hydrogen (secondary N) is 1. The monoisotopic (exact) mass is 399 g/mol. The first-order valence-electron chi connectivity index (χ1n) is 6.70. The molecule has 0 atom stereocenters. The van der Waals surface area contributed by atoms with Gasteiger partial charge in [-0.15, -0.1) is 24.0 Å². The van der Waals surface area contributed by atoms with E-state index >= 15 is 0 Å².